The number of carbonyl (C=O) groups excluding carboxylic acids is 1. The van der Waals surface area contributed by atoms with Gasteiger partial charge in [-0.25, -0.2) is 4.98 Å². The van der Waals surface area contributed by atoms with E-state index >= 15 is 0 Å². The number of piperazine rings is 1. The fourth-order valence-electron chi connectivity index (χ4n) is 4.83. The first-order chi connectivity index (χ1) is 16.9. The van der Waals surface area contributed by atoms with Gasteiger partial charge in [-0.05, 0) is 44.9 Å². The van der Waals surface area contributed by atoms with E-state index in [9.17, 15) is 4.79 Å². The van der Waals surface area contributed by atoms with Gasteiger partial charge in [0.1, 0.15) is 17.2 Å². The lowest BCUT2D eigenvalue weighted by atomic mass is 10.0. The molecule has 35 heavy (non-hydrogen) atoms. The van der Waals surface area contributed by atoms with E-state index in [4.69, 9.17) is 15.5 Å². The SMILES string of the molecule is CN=C/C(=C\N)c1cccc(NC(=O)c2cc3c(nc2N2CCN(C4CC4)CC2)OC(C)(C)C3)n1. The van der Waals surface area contributed by atoms with Crippen molar-refractivity contribution in [2.45, 2.75) is 44.8 Å². The van der Waals surface area contributed by atoms with Gasteiger partial charge >= 0.3 is 0 Å². The molecule has 3 N–H and O–H groups in total. The Morgan fingerprint density at radius 1 is 1.23 bits per heavy atom. The first-order valence-corrected chi connectivity index (χ1v) is 12.2. The number of carbonyl (C=O) groups is 1. The molecule has 9 heteroatoms. The Bertz CT molecular complexity index is 1180. The Morgan fingerprint density at radius 3 is 2.69 bits per heavy atom. The molecule has 184 valence electrons. The molecule has 9 nitrogen and oxygen atoms in total. The second-order valence-corrected chi connectivity index (χ2v) is 9.99. The second-order valence-electron chi connectivity index (χ2n) is 9.99. The van der Waals surface area contributed by atoms with Crippen molar-refractivity contribution < 1.29 is 9.53 Å². The number of aromatic nitrogens is 2. The molecule has 2 aromatic rings. The first-order valence-electron chi connectivity index (χ1n) is 12.2. The zero-order chi connectivity index (χ0) is 24.6. The molecule has 1 saturated heterocycles. The fourth-order valence-corrected chi connectivity index (χ4v) is 4.83. The van der Waals surface area contributed by atoms with Crippen LogP contribution in [-0.2, 0) is 6.42 Å². The van der Waals surface area contributed by atoms with Crippen molar-refractivity contribution in [1.82, 2.24) is 14.9 Å². The summed E-state index contributed by atoms with van der Waals surface area (Å²) < 4.78 is 6.10. The van der Waals surface area contributed by atoms with Crippen LogP contribution >= 0.6 is 0 Å². The van der Waals surface area contributed by atoms with Gasteiger partial charge in [-0.1, -0.05) is 6.07 Å². The average molecular weight is 476 g/mol. The van der Waals surface area contributed by atoms with Crippen molar-refractivity contribution in [2.24, 2.45) is 10.7 Å². The summed E-state index contributed by atoms with van der Waals surface area (Å²) in [4.78, 5) is 31.8. The molecule has 1 aliphatic carbocycles. The predicted molar refractivity (Wildman–Crippen MR) is 138 cm³/mol. The summed E-state index contributed by atoms with van der Waals surface area (Å²) in [5, 5.41) is 2.97. The molecule has 0 atom stereocenters. The molecule has 0 bridgehead atoms. The van der Waals surface area contributed by atoms with Gasteiger partial charge in [0.15, 0.2) is 0 Å². The summed E-state index contributed by atoms with van der Waals surface area (Å²) in [5.41, 5.74) is 8.20. The summed E-state index contributed by atoms with van der Waals surface area (Å²) in [6, 6.07) is 8.10. The minimum Gasteiger partial charge on any atom is -0.471 e. The molecule has 0 spiro atoms. The maximum atomic E-state index is 13.6. The van der Waals surface area contributed by atoms with Crippen molar-refractivity contribution in [3.8, 4) is 5.88 Å². The lowest BCUT2D eigenvalue weighted by Gasteiger charge is -2.36. The molecule has 4 heterocycles. The number of aliphatic imine (C=N–C) groups is 1. The van der Waals surface area contributed by atoms with Crippen LogP contribution in [0.5, 0.6) is 5.88 Å². The highest BCUT2D eigenvalue weighted by molar-refractivity contribution is 6.10. The molecular formula is C26H33N7O2. The van der Waals surface area contributed by atoms with Crippen molar-refractivity contribution in [2.75, 3.05) is 43.4 Å². The third kappa shape index (κ3) is 5.00. The third-order valence-corrected chi connectivity index (χ3v) is 6.69. The van der Waals surface area contributed by atoms with E-state index in [2.05, 4.69) is 25.1 Å². The van der Waals surface area contributed by atoms with Crippen molar-refractivity contribution in [3.05, 3.63) is 47.3 Å². The van der Waals surface area contributed by atoms with Crippen LogP contribution in [0.1, 0.15) is 48.3 Å². The van der Waals surface area contributed by atoms with Crippen molar-refractivity contribution >= 4 is 29.3 Å². The van der Waals surface area contributed by atoms with E-state index in [1.165, 1.54) is 19.0 Å². The number of nitrogens with two attached hydrogens (primary N) is 1. The van der Waals surface area contributed by atoms with Gasteiger partial charge in [0.2, 0.25) is 5.88 Å². The quantitative estimate of drug-likeness (QED) is 0.618. The highest BCUT2D eigenvalue weighted by Crippen LogP contribution is 2.37. The van der Waals surface area contributed by atoms with Crippen molar-refractivity contribution in [3.63, 3.8) is 0 Å². The van der Waals surface area contributed by atoms with Crippen LogP contribution in [0.25, 0.3) is 5.57 Å². The average Bonchev–Trinajstić information content (AvgIpc) is 3.64. The smallest absolute Gasteiger partial charge is 0.260 e. The van der Waals surface area contributed by atoms with Crippen LogP contribution in [0.15, 0.2) is 35.5 Å². The maximum Gasteiger partial charge on any atom is 0.260 e. The number of hydrogen-bond acceptors (Lipinski definition) is 8. The van der Waals surface area contributed by atoms with Crippen LogP contribution < -0.4 is 20.7 Å². The molecule has 5 rings (SSSR count). The molecule has 0 aromatic carbocycles. The Morgan fingerprint density at radius 2 is 2.00 bits per heavy atom. The number of nitrogens with one attached hydrogen (secondary N) is 1. The highest BCUT2D eigenvalue weighted by Gasteiger charge is 2.36. The van der Waals surface area contributed by atoms with Crippen molar-refractivity contribution in [1.29, 1.82) is 0 Å². The fraction of sp³-hybridized carbons (Fsp3) is 0.462. The second kappa shape index (κ2) is 9.30. The first kappa shape index (κ1) is 23.3. The van der Waals surface area contributed by atoms with Gasteiger partial charge < -0.3 is 20.7 Å². The molecule has 3 aliphatic rings. The lowest BCUT2D eigenvalue weighted by Crippen LogP contribution is -2.48. The molecule has 2 aromatic heterocycles. The monoisotopic (exact) mass is 475 g/mol. The van der Waals surface area contributed by atoms with E-state index in [-0.39, 0.29) is 11.5 Å². The summed E-state index contributed by atoms with van der Waals surface area (Å²) in [6.45, 7) is 7.71. The Labute approximate surface area is 206 Å². The number of anilines is 2. The Hall–Kier alpha value is -3.46. The van der Waals surface area contributed by atoms with Crippen LogP contribution in [0, 0.1) is 0 Å². The minimum atomic E-state index is -0.339. The summed E-state index contributed by atoms with van der Waals surface area (Å²) in [5.74, 6) is 1.50. The Kier molecular flexibility index (Phi) is 6.19. The number of nitrogens with zero attached hydrogens (tertiary/aromatic N) is 5. The van der Waals surface area contributed by atoms with Crippen LogP contribution in [0.4, 0.5) is 11.6 Å². The van der Waals surface area contributed by atoms with Gasteiger partial charge in [-0.3, -0.25) is 14.7 Å². The van der Waals surface area contributed by atoms with Crippen LogP contribution in [-0.4, -0.2) is 71.9 Å². The zero-order valence-electron chi connectivity index (χ0n) is 20.6. The number of hydrogen-bond donors (Lipinski definition) is 2. The normalized spacial score (nSPS) is 20.1. The largest absolute Gasteiger partial charge is 0.471 e. The predicted octanol–water partition coefficient (Wildman–Crippen LogP) is 2.73. The number of allylic oxidation sites excluding steroid dienone is 1. The van der Waals surface area contributed by atoms with Gasteiger partial charge in [0.25, 0.3) is 5.91 Å². The molecule has 0 radical (unpaired) electrons. The number of pyridine rings is 2. The minimum absolute atomic E-state index is 0.239. The maximum absolute atomic E-state index is 13.6. The third-order valence-electron chi connectivity index (χ3n) is 6.69. The molecule has 1 saturated carbocycles. The number of rotatable bonds is 6. The van der Waals surface area contributed by atoms with E-state index in [0.29, 0.717) is 40.8 Å². The summed E-state index contributed by atoms with van der Waals surface area (Å²) in [7, 11) is 1.67. The van der Waals surface area contributed by atoms with Crippen LogP contribution in [0.2, 0.25) is 0 Å². The number of amides is 1. The van der Waals surface area contributed by atoms with E-state index < -0.39 is 0 Å². The van der Waals surface area contributed by atoms with E-state index in [1.54, 1.807) is 19.3 Å². The molecule has 2 aliphatic heterocycles. The standard InChI is InChI=1S/C26H33N7O2/c1-26(2)14-17-13-20(24(34)30-22-6-4-5-21(29-22)18(15-27)16-28-3)23(31-25(17)35-26)33-11-9-32(10-12-33)19-7-8-19/h4-6,13,15-16,19H,7-12,14,27H2,1-3H3,(H,29,30,34)/b18-15+,28-16?. The van der Waals surface area contributed by atoms with E-state index in [0.717, 1.165) is 37.8 Å². The summed E-state index contributed by atoms with van der Waals surface area (Å²) >= 11 is 0. The molecule has 2 fully saturated rings. The van der Waals surface area contributed by atoms with Gasteiger partial charge in [-0.2, -0.15) is 4.98 Å². The van der Waals surface area contributed by atoms with Gasteiger partial charge in [0, 0.05) is 69.2 Å². The molecule has 1 amide bonds. The number of ether oxygens (including phenoxy) is 1. The molecule has 0 unspecified atom stereocenters. The Balaban J connectivity index is 1.43. The summed E-state index contributed by atoms with van der Waals surface area (Å²) in [6.07, 6.45) is 6.39. The van der Waals surface area contributed by atoms with Crippen LogP contribution in [0.3, 0.4) is 0 Å². The molecular weight excluding hydrogens is 442 g/mol. The number of fused-ring (bicyclic) bond motifs is 1. The highest BCUT2D eigenvalue weighted by atomic mass is 16.5. The van der Waals surface area contributed by atoms with Gasteiger partial charge in [-0.15, -0.1) is 0 Å². The van der Waals surface area contributed by atoms with Gasteiger partial charge in [0.05, 0.1) is 11.3 Å². The zero-order valence-corrected chi connectivity index (χ0v) is 20.6. The topological polar surface area (TPSA) is 109 Å². The lowest BCUT2D eigenvalue weighted by molar-refractivity contribution is 0.102. The van der Waals surface area contributed by atoms with E-state index in [1.807, 2.05) is 32.0 Å².